The van der Waals surface area contributed by atoms with Gasteiger partial charge < -0.3 is 9.52 Å². The Morgan fingerprint density at radius 1 is 1.19 bits per heavy atom. The van der Waals surface area contributed by atoms with Crippen LogP contribution in [0.1, 0.15) is 17.2 Å². The van der Waals surface area contributed by atoms with E-state index in [1.165, 1.54) is 12.3 Å². The van der Waals surface area contributed by atoms with Gasteiger partial charge in [-0.25, -0.2) is 8.78 Å². The third-order valence-corrected chi connectivity index (χ3v) is 2.45. The largest absolute Gasteiger partial charge is 0.453 e. The van der Waals surface area contributed by atoms with Crippen LogP contribution in [-0.4, -0.2) is 5.11 Å². The molecule has 0 spiro atoms. The molecule has 5 heteroatoms. The molecule has 0 saturated heterocycles. The summed E-state index contributed by atoms with van der Waals surface area (Å²) in [5, 5.41) is 9.83. The van der Waals surface area contributed by atoms with E-state index in [1.54, 1.807) is 0 Å². The van der Waals surface area contributed by atoms with Gasteiger partial charge in [0.25, 0.3) is 0 Å². The van der Waals surface area contributed by atoms with Crippen LogP contribution in [0.5, 0.6) is 0 Å². The summed E-state index contributed by atoms with van der Waals surface area (Å²) in [5.74, 6) is -1.51. The van der Waals surface area contributed by atoms with Gasteiger partial charge in [0.2, 0.25) is 0 Å². The maximum Gasteiger partial charge on any atom is 0.199 e. The Hall–Kier alpha value is -1.39. The fourth-order valence-corrected chi connectivity index (χ4v) is 1.63. The third kappa shape index (κ3) is 2.08. The van der Waals surface area contributed by atoms with Gasteiger partial charge in [-0.3, -0.25) is 0 Å². The molecular weight excluding hydrogens is 238 g/mol. The minimum Gasteiger partial charge on any atom is -0.453 e. The van der Waals surface area contributed by atoms with Gasteiger partial charge in [0.1, 0.15) is 17.7 Å². The van der Waals surface area contributed by atoms with Crippen molar-refractivity contribution in [3.8, 4) is 0 Å². The van der Waals surface area contributed by atoms with Crippen LogP contribution in [0.15, 0.2) is 34.9 Å². The van der Waals surface area contributed by atoms with Gasteiger partial charge in [-0.15, -0.1) is 0 Å². The van der Waals surface area contributed by atoms with E-state index in [9.17, 15) is 13.9 Å². The van der Waals surface area contributed by atoms with Crippen molar-refractivity contribution in [2.45, 2.75) is 6.10 Å². The van der Waals surface area contributed by atoms with Crippen molar-refractivity contribution < 1.29 is 18.3 Å². The molecule has 0 radical (unpaired) electrons. The van der Waals surface area contributed by atoms with E-state index < -0.39 is 17.7 Å². The van der Waals surface area contributed by atoms with E-state index in [1.807, 2.05) is 0 Å². The number of furan rings is 1. The lowest BCUT2D eigenvalue weighted by Crippen LogP contribution is -2.00. The van der Waals surface area contributed by atoms with E-state index in [0.717, 1.165) is 18.2 Å². The number of aliphatic hydroxyl groups excluding tert-OH is 1. The first-order valence-corrected chi connectivity index (χ1v) is 4.82. The monoisotopic (exact) mass is 244 g/mol. The number of halogens is 3. The molecule has 1 atom stereocenters. The molecular formula is C11H7ClF2O2. The van der Waals surface area contributed by atoms with Crippen molar-refractivity contribution in [2.24, 2.45) is 0 Å². The van der Waals surface area contributed by atoms with Crippen LogP contribution >= 0.6 is 11.6 Å². The van der Waals surface area contributed by atoms with Crippen LogP contribution in [0.2, 0.25) is 5.22 Å². The van der Waals surface area contributed by atoms with Crippen molar-refractivity contribution in [3.63, 3.8) is 0 Å². The van der Waals surface area contributed by atoms with E-state index in [4.69, 9.17) is 16.0 Å². The van der Waals surface area contributed by atoms with E-state index in [-0.39, 0.29) is 16.3 Å². The molecule has 0 aliphatic heterocycles. The highest BCUT2D eigenvalue weighted by atomic mass is 35.5. The summed E-state index contributed by atoms with van der Waals surface area (Å²) < 4.78 is 30.6. The Bertz CT molecular complexity index is 490. The van der Waals surface area contributed by atoms with Crippen molar-refractivity contribution in [1.82, 2.24) is 0 Å². The van der Waals surface area contributed by atoms with Gasteiger partial charge >= 0.3 is 0 Å². The number of hydrogen-bond donors (Lipinski definition) is 1. The second-order valence-corrected chi connectivity index (χ2v) is 3.60. The van der Waals surface area contributed by atoms with Gasteiger partial charge in [-0.2, -0.15) is 0 Å². The Kier molecular flexibility index (Phi) is 2.94. The molecule has 0 fully saturated rings. The van der Waals surface area contributed by atoms with Crippen molar-refractivity contribution >= 4 is 11.6 Å². The van der Waals surface area contributed by atoms with Crippen LogP contribution in [0.3, 0.4) is 0 Å². The fraction of sp³-hybridized carbons (Fsp3) is 0.0909. The van der Waals surface area contributed by atoms with Crippen molar-refractivity contribution in [1.29, 1.82) is 0 Å². The molecule has 2 rings (SSSR count). The molecule has 1 aromatic heterocycles. The number of rotatable bonds is 2. The normalized spacial score (nSPS) is 12.8. The van der Waals surface area contributed by atoms with Gasteiger partial charge in [-0.05, 0) is 35.4 Å². The van der Waals surface area contributed by atoms with E-state index >= 15 is 0 Å². The minimum atomic E-state index is -1.21. The zero-order valence-electron chi connectivity index (χ0n) is 7.95. The summed E-state index contributed by atoms with van der Waals surface area (Å²) in [5.41, 5.74) is 0.354. The van der Waals surface area contributed by atoms with Gasteiger partial charge in [-0.1, -0.05) is 0 Å². The van der Waals surface area contributed by atoms with Crippen LogP contribution < -0.4 is 0 Å². The first-order chi connectivity index (χ1) is 7.58. The second kappa shape index (κ2) is 4.23. The van der Waals surface area contributed by atoms with Crippen LogP contribution in [0.4, 0.5) is 8.78 Å². The molecule has 0 bridgehead atoms. The average Bonchev–Trinajstić information content (AvgIpc) is 2.62. The maximum atomic E-state index is 12.9. The fourth-order valence-electron chi connectivity index (χ4n) is 1.41. The van der Waals surface area contributed by atoms with Crippen LogP contribution in [0, 0.1) is 11.6 Å². The summed E-state index contributed by atoms with van der Waals surface area (Å²) in [4.78, 5) is 0. The minimum absolute atomic E-state index is 0.00262. The van der Waals surface area contributed by atoms with Gasteiger partial charge in [0.05, 0.1) is 6.26 Å². The summed E-state index contributed by atoms with van der Waals surface area (Å²) in [6.07, 6.45) is 0.0766. The highest BCUT2D eigenvalue weighted by Gasteiger charge is 2.17. The predicted octanol–water partition coefficient (Wildman–Crippen LogP) is 3.29. The topological polar surface area (TPSA) is 33.4 Å². The molecule has 0 saturated carbocycles. The first kappa shape index (κ1) is 11.1. The summed E-state index contributed by atoms with van der Waals surface area (Å²) in [6.45, 7) is 0. The molecule has 1 heterocycles. The third-order valence-electron chi connectivity index (χ3n) is 2.14. The lowest BCUT2D eigenvalue weighted by atomic mass is 10.0. The van der Waals surface area contributed by atoms with Gasteiger partial charge in [0, 0.05) is 11.6 Å². The SMILES string of the molecule is OC(c1cc(F)cc(F)c1)c1ccoc1Cl. The van der Waals surface area contributed by atoms with E-state index in [2.05, 4.69) is 0 Å². The number of hydrogen-bond acceptors (Lipinski definition) is 2. The molecule has 0 aliphatic carbocycles. The maximum absolute atomic E-state index is 12.9. The predicted molar refractivity (Wildman–Crippen MR) is 54.1 cm³/mol. The number of aliphatic hydroxyl groups is 1. The molecule has 1 N–H and O–H groups in total. The van der Waals surface area contributed by atoms with Gasteiger partial charge in [0.15, 0.2) is 5.22 Å². The molecule has 0 amide bonds. The standard InChI is InChI=1S/C11H7ClF2O2/c12-11-9(1-2-16-11)10(15)6-3-7(13)5-8(14)4-6/h1-5,10,15H. The second-order valence-electron chi connectivity index (χ2n) is 3.25. The first-order valence-electron chi connectivity index (χ1n) is 4.45. The highest BCUT2D eigenvalue weighted by Crippen LogP contribution is 2.29. The lowest BCUT2D eigenvalue weighted by molar-refractivity contribution is 0.218. The lowest BCUT2D eigenvalue weighted by Gasteiger charge is -2.09. The Morgan fingerprint density at radius 2 is 1.81 bits per heavy atom. The molecule has 2 nitrogen and oxygen atoms in total. The molecule has 84 valence electrons. The molecule has 1 aromatic carbocycles. The van der Waals surface area contributed by atoms with Crippen LogP contribution in [-0.2, 0) is 0 Å². The Balaban J connectivity index is 2.41. The smallest absolute Gasteiger partial charge is 0.199 e. The summed E-state index contributed by atoms with van der Waals surface area (Å²) >= 11 is 5.65. The summed E-state index contributed by atoms with van der Waals surface area (Å²) in [7, 11) is 0. The molecule has 2 aromatic rings. The van der Waals surface area contributed by atoms with E-state index in [0.29, 0.717) is 0 Å². The van der Waals surface area contributed by atoms with Crippen LogP contribution in [0.25, 0.3) is 0 Å². The quantitative estimate of drug-likeness (QED) is 0.879. The summed E-state index contributed by atoms with van der Waals surface area (Å²) in [6, 6.07) is 4.25. The number of benzene rings is 1. The zero-order chi connectivity index (χ0) is 11.7. The highest BCUT2D eigenvalue weighted by molar-refractivity contribution is 6.29. The molecule has 1 unspecified atom stereocenters. The molecule has 16 heavy (non-hydrogen) atoms. The zero-order valence-corrected chi connectivity index (χ0v) is 8.71. The average molecular weight is 245 g/mol. The van der Waals surface area contributed by atoms with Crippen molar-refractivity contribution in [3.05, 3.63) is 58.5 Å². The Morgan fingerprint density at radius 3 is 2.31 bits per heavy atom. The van der Waals surface area contributed by atoms with Crippen molar-refractivity contribution in [2.75, 3.05) is 0 Å². The molecule has 0 aliphatic rings. The Labute approximate surface area is 95.1 Å².